The number of aryl methyl sites for hydroxylation is 1. The molecule has 3 rings (SSSR count). The molecular formula is C18H16N2O2S. The number of thiocarbonyl (C=S) groups is 1. The number of hydrogen-bond acceptors (Lipinski definition) is 3. The van der Waals surface area contributed by atoms with Crippen LogP contribution in [0.3, 0.4) is 0 Å². The Balaban J connectivity index is 1.88. The Morgan fingerprint density at radius 1 is 1.09 bits per heavy atom. The Kier molecular flexibility index (Phi) is 4.12. The van der Waals surface area contributed by atoms with Crippen molar-refractivity contribution in [1.82, 2.24) is 5.32 Å². The lowest BCUT2D eigenvalue weighted by Crippen LogP contribution is -2.30. The molecule has 0 aromatic heterocycles. The van der Waals surface area contributed by atoms with Gasteiger partial charge in [0.25, 0.3) is 5.91 Å². The summed E-state index contributed by atoms with van der Waals surface area (Å²) in [5.41, 5.74) is 3.30. The van der Waals surface area contributed by atoms with E-state index in [0.29, 0.717) is 16.5 Å². The molecule has 2 aromatic carbocycles. The number of nitrogens with one attached hydrogen (secondary N) is 1. The zero-order valence-electron chi connectivity index (χ0n) is 12.9. The first-order chi connectivity index (χ1) is 11.1. The van der Waals surface area contributed by atoms with Crippen molar-refractivity contribution < 1.29 is 9.53 Å². The minimum absolute atomic E-state index is 0.166. The fourth-order valence-corrected chi connectivity index (χ4v) is 2.63. The molecule has 1 amide bonds. The van der Waals surface area contributed by atoms with Gasteiger partial charge in [-0.05, 0) is 55.0 Å². The summed E-state index contributed by atoms with van der Waals surface area (Å²) in [7, 11) is 1.60. The molecular weight excluding hydrogens is 308 g/mol. The lowest BCUT2D eigenvalue weighted by atomic mass is 10.1. The molecule has 23 heavy (non-hydrogen) atoms. The van der Waals surface area contributed by atoms with Gasteiger partial charge in [-0.15, -0.1) is 0 Å². The molecule has 0 bridgehead atoms. The number of carbonyl (C=O) groups is 1. The van der Waals surface area contributed by atoms with Crippen LogP contribution in [-0.4, -0.2) is 18.1 Å². The molecule has 0 radical (unpaired) electrons. The van der Waals surface area contributed by atoms with Crippen LogP contribution in [0.25, 0.3) is 6.08 Å². The van der Waals surface area contributed by atoms with Gasteiger partial charge in [-0.3, -0.25) is 9.69 Å². The average Bonchev–Trinajstić information content (AvgIpc) is 2.84. The Labute approximate surface area is 140 Å². The third-order valence-electron chi connectivity index (χ3n) is 3.60. The average molecular weight is 324 g/mol. The van der Waals surface area contributed by atoms with E-state index in [1.807, 2.05) is 31.2 Å². The molecule has 1 aliphatic heterocycles. The van der Waals surface area contributed by atoms with E-state index in [1.165, 1.54) is 10.5 Å². The van der Waals surface area contributed by atoms with Gasteiger partial charge >= 0.3 is 0 Å². The predicted octanol–water partition coefficient (Wildman–Crippen LogP) is 3.27. The molecule has 4 nitrogen and oxygen atoms in total. The second-order valence-corrected chi connectivity index (χ2v) is 5.62. The Morgan fingerprint density at radius 2 is 1.74 bits per heavy atom. The topological polar surface area (TPSA) is 41.6 Å². The molecule has 0 saturated carbocycles. The number of carbonyl (C=O) groups excluding carboxylic acids is 1. The van der Waals surface area contributed by atoms with Crippen molar-refractivity contribution in [2.45, 2.75) is 6.92 Å². The SMILES string of the molecule is COc1ccc(N2C(=O)C(=Cc3ccc(C)cc3)NC2=S)cc1. The third kappa shape index (κ3) is 3.10. The standard InChI is InChI=1S/C18H16N2O2S/c1-12-3-5-13(6-4-12)11-16-17(21)20(18(23)19-16)14-7-9-15(22-2)10-8-14/h3-11H,1-2H3,(H,19,23). The van der Waals surface area contributed by atoms with Crippen LogP contribution < -0.4 is 15.0 Å². The zero-order valence-corrected chi connectivity index (χ0v) is 13.7. The lowest BCUT2D eigenvalue weighted by Gasteiger charge is -2.14. The molecule has 116 valence electrons. The smallest absolute Gasteiger partial charge is 0.281 e. The van der Waals surface area contributed by atoms with Gasteiger partial charge in [0.1, 0.15) is 11.4 Å². The summed E-state index contributed by atoms with van der Waals surface area (Å²) in [5.74, 6) is 0.565. The quantitative estimate of drug-likeness (QED) is 0.695. The predicted molar refractivity (Wildman–Crippen MR) is 95.4 cm³/mol. The van der Waals surface area contributed by atoms with E-state index in [-0.39, 0.29) is 5.91 Å². The summed E-state index contributed by atoms with van der Waals surface area (Å²) in [6, 6.07) is 15.2. The van der Waals surface area contributed by atoms with Crippen molar-refractivity contribution in [2.24, 2.45) is 0 Å². The van der Waals surface area contributed by atoms with Crippen molar-refractivity contribution in [1.29, 1.82) is 0 Å². The van der Waals surface area contributed by atoms with Crippen LogP contribution in [0.15, 0.2) is 54.2 Å². The van der Waals surface area contributed by atoms with Gasteiger partial charge in [-0.25, -0.2) is 0 Å². The monoisotopic (exact) mass is 324 g/mol. The Bertz CT molecular complexity index is 780. The van der Waals surface area contributed by atoms with E-state index in [9.17, 15) is 4.79 Å². The summed E-state index contributed by atoms with van der Waals surface area (Å²) in [4.78, 5) is 14.1. The zero-order chi connectivity index (χ0) is 16.4. The van der Waals surface area contributed by atoms with E-state index in [2.05, 4.69) is 5.32 Å². The van der Waals surface area contributed by atoms with Crippen molar-refractivity contribution in [2.75, 3.05) is 12.0 Å². The molecule has 0 spiro atoms. The summed E-state index contributed by atoms with van der Waals surface area (Å²) in [6.45, 7) is 2.02. The summed E-state index contributed by atoms with van der Waals surface area (Å²) in [6.07, 6.45) is 1.80. The molecule has 1 fully saturated rings. The second-order valence-electron chi connectivity index (χ2n) is 5.24. The minimum Gasteiger partial charge on any atom is -0.497 e. The van der Waals surface area contributed by atoms with Gasteiger partial charge in [0.15, 0.2) is 5.11 Å². The van der Waals surface area contributed by atoms with E-state index < -0.39 is 0 Å². The fraction of sp³-hybridized carbons (Fsp3) is 0.111. The molecule has 1 saturated heterocycles. The maximum Gasteiger partial charge on any atom is 0.281 e. The fourth-order valence-electron chi connectivity index (χ4n) is 2.33. The van der Waals surface area contributed by atoms with Gasteiger partial charge in [0, 0.05) is 0 Å². The first-order valence-electron chi connectivity index (χ1n) is 7.16. The van der Waals surface area contributed by atoms with E-state index in [1.54, 1.807) is 37.5 Å². The van der Waals surface area contributed by atoms with Gasteiger partial charge in [0.05, 0.1) is 12.8 Å². The molecule has 5 heteroatoms. The van der Waals surface area contributed by atoms with Crippen LogP contribution in [0.5, 0.6) is 5.75 Å². The highest BCUT2D eigenvalue weighted by molar-refractivity contribution is 7.80. The highest BCUT2D eigenvalue weighted by Gasteiger charge is 2.31. The van der Waals surface area contributed by atoms with Gasteiger partial charge in [-0.1, -0.05) is 29.8 Å². The normalized spacial score (nSPS) is 15.9. The summed E-state index contributed by atoms with van der Waals surface area (Å²) in [5, 5.41) is 3.36. The second kappa shape index (κ2) is 6.22. The number of anilines is 1. The van der Waals surface area contributed by atoms with E-state index in [0.717, 1.165) is 11.3 Å². The molecule has 1 heterocycles. The number of ether oxygens (including phenoxy) is 1. The Hall–Kier alpha value is -2.66. The molecule has 1 aliphatic rings. The molecule has 0 aliphatic carbocycles. The summed E-state index contributed by atoms with van der Waals surface area (Å²) < 4.78 is 5.13. The minimum atomic E-state index is -0.166. The number of rotatable bonds is 3. The van der Waals surface area contributed by atoms with Crippen LogP contribution in [0.4, 0.5) is 5.69 Å². The van der Waals surface area contributed by atoms with Crippen molar-refractivity contribution >= 4 is 35.0 Å². The summed E-state index contributed by atoms with van der Waals surface area (Å²) >= 11 is 5.30. The first-order valence-corrected chi connectivity index (χ1v) is 7.57. The number of methoxy groups -OCH3 is 1. The maximum absolute atomic E-state index is 12.6. The van der Waals surface area contributed by atoms with Crippen LogP contribution in [0, 0.1) is 6.92 Å². The van der Waals surface area contributed by atoms with E-state index in [4.69, 9.17) is 17.0 Å². The van der Waals surface area contributed by atoms with Gasteiger partial charge in [-0.2, -0.15) is 0 Å². The van der Waals surface area contributed by atoms with Gasteiger partial charge in [0.2, 0.25) is 0 Å². The van der Waals surface area contributed by atoms with Crippen LogP contribution in [0.1, 0.15) is 11.1 Å². The van der Waals surface area contributed by atoms with Crippen molar-refractivity contribution in [3.8, 4) is 5.75 Å². The molecule has 0 atom stereocenters. The highest BCUT2D eigenvalue weighted by Crippen LogP contribution is 2.24. The lowest BCUT2D eigenvalue weighted by molar-refractivity contribution is -0.113. The van der Waals surface area contributed by atoms with Crippen LogP contribution >= 0.6 is 12.2 Å². The van der Waals surface area contributed by atoms with E-state index >= 15 is 0 Å². The third-order valence-corrected chi connectivity index (χ3v) is 3.88. The molecule has 0 unspecified atom stereocenters. The molecule has 2 aromatic rings. The highest BCUT2D eigenvalue weighted by atomic mass is 32.1. The largest absolute Gasteiger partial charge is 0.497 e. The van der Waals surface area contributed by atoms with Crippen LogP contribution in [-0.2, 0) is 4.79 Å². The van der Waals surface area contributed by atoms with Gasteiger partial charge < -0.3 is 10.1 Å². The van der Waals surface area contributed by atoms with Crippen LogP contribution in [0.2, 0.25) is 0 Å². The number of hydrogen-bond donors (Lipinski definition) is 1. The van der Waals surface area contributed by atoms with Crippen molar-refractivity contribution in [3.05, 3.63) is 65.4 Å². The maximum atomic E-state index is 12.6. The van der Waals surface area contributed by atoms with Crippen molar-refractivity contribution in [3.63, 3.8) is 0 Å². The number of benzene rings is 2. The number of amides is 1. The Morgan fingerprint density at radius 3 is 2.35 bits per heavy atom. The molecule has 1 N–H and O–H groups in total. The first kappa shape index (κ1) is 15.2. The number of nitrogens with zero attached hydrogens (tertiary/aromatic N) is 1.